The van der Waals surface area contributed by atoms with Gasteiger partial charge in [-0.05, 0) is 64.4 Å². The normalized spacial score (nSPS) is 13.2. The zero-order valence-corrected chi connectivity index (χ0v) is 19.5. The maximum absolute atomic E-state index is 13.1. The van der Waals surface area contributed by atoms with Gasteiger partial charge in [0.25, 0.3) is 10.0 Å². The van der Waals surface area contributed by atoms with Crippen molar-refractivity contribution >= 4 is 26.5 Å². The van der Waals surface area contributed by atoms with Crippen LogP contribution in [0.2, 0.25) is 0 Å². The highest BCUT2D eigenvalue weighted by molar-refractivity contribution is 7.92. The summed E-state index contributed by atoms with van der Waals surface area (Å²) in [5.41, 5.74) is 1.94. The smallest absolute Gasteiger partial charge is 0.265 e. The third-order valence-electron chi connectivity index (χ3n) is 4.61. The minimum Gasteiger partial charge on any atom is -0.280 e. The lowest BCUT2D eigenvalue weighted by Crippen LogP contribution is -2.25. The molecular weight excluding hydrogens is 418 g/mol. The highest BCUT2D eigenvalue weighted by atomic mass is 32.2. The first-order valence-electron chi connectivity index (χ1n) is 9.61. The van der Waals surface area contributed by atoms with Crippen LogP contribution in [0, 0.1) is 13.8 Å². The van der Waals surface area contributed by atoms with E-state index in [0.717, 1.165) is 10.5 Å². The van der Waals surface area contributed by atoms with E-state index in [1.165, 1.54) is 0 Å². The molecule has 160 valence electrons. The van der Waals surface area contributed by atoms with Gasteiger partial charge >= 0.3 is 0 Å². The fourth-order valence-corrected chi connectivity index (χ4v) is 5.96. The van der Waals surface area contributed by atoms with E-state index in [-0.39, 0.29) is 10.4 Å². The molecule has 0 amide bonds. The van der Waals surface area contributed by atoms with E-state index in [9.17, 15) is 12.6 Å². The van der Waals surface area contributed by atoms with Crippen LogP contribution in [-0.2, 0) is 32.1 Å². The lowest BCUT2D eigenvalue weighted by molar-refractivity contribution is 0.345. The molecule has 0 saturated carbocycles. The lowest BCUT2D eigenvalue weighted by Gasteiger charge is -2.21. The Bertz CT molecular complexity index is 1180. The third-order valence-corrected chi connectivity index (χ3v) is 7.64. The van der Waals surface area contributed by atoms with Crippen LogP contribution in [0.1, 0.15) is 37.7 Å². The van der Waals surface area contributed by atoms with Crippen LogP contribution in [0.5, 0.6) is 0 Å². The summed E-state index contributed by atoms with van der Waals surface area (Å²) >= 11 is 0. The molecule has 2 aromatic carbocycles. The Morgan fingerprint density at radius 1 is 1.03 bits per heavy atom. The molecule has 3 aromatic rings. The van der Waals surface area contributed by atoms with Gasteiger partial charge in [-0.15, -0.1) is 0 Å². The number of benzene rings is 2. The number of rotatable bonds is 6. The van der Waals surface area contributed by atoms with E-state index in [2.05, 4.69) is 9.82 Å². The standard InChI is InChI=1S/C22H27N3O3S2/c1-16-21(17(2)25(23-16)22(3,4)5)30(27,28)24-19-11-9-10-18(14-19)15-29(26)20-12-7-6-8-13-20/h6-14,24H,15H2,1-5H3. The fourth-order valence-electron chi connectivity index (χ4n) is 3.41. The Labute approximate surface area is 180 Å². The van der Waals surface area contributed by atoms with E-state index in [1.807, 2.05) is 57.2 Å². The second-order valence-electron chi connectivity index (χ2n) is 8.19. The van der Waals surface area contributed by atoms with Crippen molar-refractivity contribution in [3.63, 3.8) is 0 Å². The van der Waals surface area contributed by atoms with Crippen molar-refractivity contribution < 1.29 is 12.6 Å². The molecule has 6 nitrogen and oxygen atoms in total. The molecule has 30 heavy (non-hydrogen) atoms. The molecule has 0 radical (unpaired) electrons. The van der Waals surface area contributed by atoms with Gasteiger partial charge in [-0.25, -0.2) is 8.42 Å². The van der Waals surface area contributed by atoms with E-state index >= 15 is 0 Å². The second-order valence-corrected chi connectivity index (χ2v) is 11.3. The molecule has 0 saturated heterocycles. The Morgan fingerprint density at radius 3 is 2.30 bits per heavy atom. The number of nitrogens with zero attached hydrogens (tertiary/aromatic N) is 2. The Kier molecular flexibility index (Phi) is 6.19. The van der Waals surface area contributed by atoms with Gasteiger partial charge in [-0.2, -0.15) is 5.10 Å². The summed E-state index contributed by atoms with van der Waals surface area (Å²) in [6, 6.07) is 16.2. The molecular formula is C22H27N3O3S2. The monoisotopic (exact) mass is 445 g/mol. The van der Waals surface area contributed by atoms with E-state index in [1.54, 1.807) is 36.7 Å². The highest BCUT2D eigenvalue weighted by Crippen LogP contribution is 2.27. The topological polar surface area (TPSA) is 81.1 Å². The predicted octanol–water partition coefficient (Wildman–Crippen LogP) is 4.36. The number of sulfonamides is 1. The highest BCUT2D eigenvalue weighted by Gasteiger charge is 2.28. The number of aryl methyl sites for hydroxylation is 1. The average molecular weight is 446 g/mol. The van der Waals surface area contributed by atoms with Crippen LogP contribution in [0.4, 0.5) is 5.69 Å². The van der Waals surface area contributed by atoms with Crippen molar-refractivity contribution in [1.29, 1.82) is 0 Å². The van der Waals surface area contributed by atoms with Crippen molar-refractivity contribution in [2.24, 2.45) is 0 Å². The Hall–Kier alpha value is -2.45. The predicted molar refractivity (Wildman–Crippen MR) is 121 cm³/mol. The first-order valence-corrected chi connectivity index (χ1v) is 12.4. The van der Waals surface area contributed by atoms with Crippen molar-refractivity contribution in [3.8, 4) is 0 Å². The van der Waals surface area contributed by atoms with Gasteiger partial charge in [-0.1, -0.05) is 30.3 Å². The third kappa shape index (κ3) is 4.82. The van der Waals surface area contributed by atoms with Gasteiger partial charge in [0, 0.05) is 10.6 Å². The van der Waals surface area contributed by atoms with Crippen molar-refractivity contribution in [2.45, 2.75) is 55.7 Å². The molecule has 8 heteroatoms. The molecule has 3 rings (SSSR count). The quantitative estimate of drug-likeness (QED) is 0.611. The number of anilines is 1. The molecule has 0 aliphatic heterocycles. The number of nitrogens with one attached hydrogen (secondary N) is 1. The van der Waals surface area contributed by atoms with Crippen LogP contribution >= 0.6 is 0 Å². The maximum atomic E-state index is 13.1. The van der Waals surface area contributed by atoms with Crippen LogP contribution in [0.25, 0.3) is 0 Å². The summed E-state index contributed by atoms with van der Waals surface area (Å²) in [6.07, 6.45) is 0. The summed E-state index contributed by atoms with van der Waals surface area (Å²) in [5, 5.41) is 4.44. The van der Waals surface area contributed by atoms with Crippen LogP contribution in [-0.4, -0.2) is 22.4 Å². The zero-order chi connectivity index (χ0) is 22.1. The summed E-state index contributed by atoms with van der Waals surface area (Å²) in [5.74, 6) is 0.305. The molecule has 1 atom stereocenters. The number of aromatic nitrogens is 2. The van der Waals surface area contributed by atoms with E-state index in [4.69, 9.17) is 0 Å². The zero-order valence-electron chi connectivity index (χ0n) is 17.8. The van der Waals surface area contributed by atoms with Gasteiger partial charge in [0.1, 0.15) is 4.90 Å². The second kappa shape index (κ2) is 8.35. The first kappa shape index (κ1) is 22.2. The molecule has 1 N–H and O–H groups in total. The number of hydrogen-bond donors (Lipinski definition) is 1. The van der Waals surface area contributed by atoms with E-state index in [0.29, 0.717) is 22.8 Å². The minimum atomic E-state index is -3.82. The van der Waals surface area contributed by atoms with Gasteiger partial charge in [0.05, 0.1) is 33.5 Å². The van der Waals surface area contributed by atoms with Crippen molar-refractivity contribution in [2.75, 3.05) is 4.72 Å². The van der Waals surface area contributed by atoms with E-state index < -0.39 is 20.8 Å². The van der Waals surface area contributed by atoms with Gasteiger partial charge in [0.2, 0.25) is 0 Å². The van der Waals surface area contributed by atoms with Crippen molar-refractivity contribution in [1.82, 2.24) is 9.78 Å². The Morgan fingerprint density at radius 2 is 1.70 bits per heavy atom. The molecule has 0 spiro atoms. The summed E-state index contributed by atoms with van der Waals surface area (Å²) in [7, 11) is -5.03. The first-order chi connectivity index (χ1) is 14.0. The SMILES string of the molecule is Cc1nn(C(C)(C)C)c(C)c1S(=O)(=O)Nc1cccc(CS(=O)c2ccccc2)c1. The van der Waals surface area contributed by atoms with Crippen LogP contribution < -0.4 is 4.72 Å². The Balaban J connectivity index is 1.86. The maximum Gasteiger partial charge on any atom is 0.265 e. The molecule has 1 unspecified atom stereocenters. The molecule has 0 aliphatic rings. The van der Waals surface area contributed by atoms with Gasteiger partial charge in [-0.3, -0.25) is 13.6 Å². The van der Waals surface area contributed by atoms with Gasteiger partial charge < -0.3 is 0 Å². The summed E-state index contributed by atoms with van der Waals surface area (Å²) in [6.45, 7) is 9.40. The average Bonchev–Trinajstić information content (AvgIpc) is 2.97. The molecule has 1 heterocycles. The minimum absolute atomic E-state index is 0.190. The summed E-state index contributed by atoms with van der Waals surface area (Å²) in [4.78, 5) is 0.931. The van der Waals surface area contributed by atoms with Gasteiger partial charge in [0.15, 0.2) is 0 Å². The summed E-state index contributed by atoms with van der Waals surface area (Å²) < 4.78 is 43.2. The van der Waals surface area contributed by atoms with Crippen molar-refractivity contribution in [3.05, 3.63) is 71.5 Å². The largest absolute Gasteiger partial charge is 0.280 e. The van der Waals surface area contributed by atoms with Crippen LogP contribution in [0.3, 0.4) is 0 Å². The number of hydrogen-bond acceptors (Lipinski definition) is 4. The van der Waals surface area contributed by atoms with Crippen LogP contribution in [0.15, 0.2) is 64.4 Å². The molecule has 0 aliphatic carbocycles. The molecule has 0 fully saturated rings. The molecule has 0 bridgehead atoms. The fraction of sp³-hybridized carbons (Fsp3) is 0.318. The molecule has 1 aromatic heterocycles. The lowest BCUT2D eigenvalue weighted by atomic mass is 10.1.